The van der Waals surface area contributed by atoms with Crippen molar-refractivity contribution in [3.8, 4) is 0 Å². The third kappa shape index (κ3) is 5.20. The highest BCUT2D eigenvalue weighted by Gasteiger charge is 2.23. The van der Waals surface area contributed by atoms with E-state index in [1.54, 1.807) is 29.2 Å². The highest BCUT2D eigenvalue weighted by atomic mass is 35.5. The van der Waals surface area contributed by atoms with Crippen molar-refractivity contribution < 1.29 is 18.0 Å². The van der Waals surface area contributed by atoms with Gasteiger partial charge in [-0.05, 0) is 48.9 Å². The average Bonchev–Trinajstić information content (AvgIpc) is 3.08. The maximum absolute atomic E-state index is 12.4. The molecule has 1 N–H and O–H groups in total. The number of hydrogen-bond acceptors (Lipinski definition) is 4. The summed E-state index contributed by atoms with van der Waals surface area (Å²) < 4.78 is 25.3. The molecule has 1 aliphatic heterocycles. The van der Waals surface area contributed by atoms with Crippen LogP contribution in [-0.4, -0.2) is 39.6 Å². The predicted molar refractivity (Wildman–Crippen MR) is 115 cm³/mol. The predicted octanol–water partition coefficient (Wildman–Crippen LogP) is 3.52. The second kappa shape index (κ2) is 8.61. The topological polar surface area (TPSA) is 86.8 Å². The molecular weight excluding hydrogens is 437 g/mol. The Balaban J connectivity index is 1.72. The van der Waals surface area contributed by atoms with Gasteiger partial charge in [-0.25, -0.2) is 8.42 Å². The Kier molecular flexibility index (Phi) is 6.36. The molecule has 0 bridgehead atoms. The van der Waals surface area contributed by atoms with Crippen molar-refractivity contribution in [3.63, 3.8) is 0 Å². The van der Waals surface area contributed by atoms with Gasteiger partial charge in [-0.1, -0.05) is 23.2 Å². The van der Waals surface area contributed by atoms with Crippen LogP contribution in [0.5, 0.6) is 0 Å². The fourth-order valence-corrected chi connectivity index (χ4v) is 4.16. The minimum atomic E-state index is -3.73. The molecule has 0 spiro atoms. The van der Waals surface area contributed by atoms with Crippen molar-refractivity contribution in [2.45, 2.75) is 12.8 Å². The van der Waals surface area contributed by atoms with Gasteiger partial charge in [-0.15, -0.1) is 0 Å². The largest absolute Gasteiger partial charge is 0.325 e. The normalized spacial score (nSPS) is 14.2. The maximum atomic E-state index is 12.4. The number of benzene rings is 2. The molecule has 0 unspecified atom stereocenters. The van der Waals surface area contributed by atoms with Gasteiger partial charge in [-0.3, -0.25) is 13.9 Å². The molecule has 1 aliphatic rings. The van der Waals surface area contributed by atoms with E-state index < -0.39 is 22.5 Å². The van der Waals surface area contributed by atoms with E-state index in [0.29, 0.717) is 18.7 Å². The highest BCUT2D eigenvalue weighted by molar-refractivity contribution is 7.92. The van der Waals surface area contributed by atoms with Crippen LogP contribution in [0.4, 0.5) is 17.1 Å². The van der Waals surface area contributed by atoms with E-state index in [0.717, 1.165) is 22.7 Å². The van der Waals surface area contributed by atoms with Gasteiger partial charge in [0.15, 0.2) is 0 Å². The van der Waals surface area contributed by atoms with Crippen LogP contribution in [0.25, 0.3) is 0 Å². The van der Waals surface area contributed by atoms with Gasteiger partial charge in [0.25, 0.3) is 0 Å². The number of carbonyl (C=O) groups excluding carboxylic acids is 2. The zero-order valence-electron chi connectivity index (χ0n) is 15.6. The van der Waals surface area contributed by atoms with Crippen LogP contribution in [-0.2, 0) is 19.6 Å². The lowest BCUT2D eigenvalue weighted by molar-refractivity contribution is -0.117. The van der Waals surface area contributed by atoms with Gasteiger partial charge in [-0.2, -0.15) is 0 Å². The fourth-order valence-electron chi connectivity index (χ4n) is 3.02. The summed E-state index contributed by atoms with van der Waals surface area (Å²) in [5.41, 5.74) is 1.49. The number of rotatable bonds is 6. The Morgan fingerprint density at radius 3 is 2.38 bits per heavy atom. The SMILES string of the molecule is CS(=O)(=O)N(CC(=O)Nc1ccc(N2CCCC2=O)cc1)c1ccc(Cl)c(Cl)c1. The molecule has 7 nitrogen and oxygen atoms in total. The zero-order valence-corrected chi connectivity index (χ0v) is 17.9. The standard InChI is InChI=1S/C19H19Cl2N3O4S/c1-29(27,28)24(15-8-9-16(20)17(21)11-15)12-18(25)22-13-4-6-14(7-5-13)23-10-2-3-19(23)26/h4-9,11H,2-3,10,12H2,1H3,(H,22,25). The molecule has 0 saturated carbocycles. The van der Waals surface area contributed by atoms with Crippen LogP contribution in [0, 0.1) is 0 Å². The first-order chi connectivity index (χ1) is 13.6. The Morgan fingerprint density at radius 2 is 1.83 bits per heavy atom. The second-order valence-corrected chi connectivity index (χ2v) is 9.33. The molecule has 3 rings (SSSR count). The maximum Gasteiger partial charge on any atom is 0.245 e. The first-order valence-corrected chi connectivity index (χ1v) is 11.4. The lowest BCUT2D eigenvalue weighted by atomic mass is 10.2. The van der Waals surface area contributed by atoms with Crippen LogP contribution in [0.2, 0.25) is 10.0 Å². The lowest BCUT2D eigenvalue weighted by Gasteiger charge is -2.22. The van der Waals surface area contributed by atoms with E-state index in [4.69, 9.17) is 23.2 Å². The van der Waals surface area contributed by atoms with Crippen molar-refractivity contribution in [1.29, 1.82) is 0 Å². The summed E-state index contributed by atoms with van der Waals surface area (Å²) >= 11 is 11.8. The van der Waals surface area contributed by atoms with Crippen LogP contribution < -0.4 is 14.5 Å². The van der Waals surface area contributed by atoms with Crippen molar-refractivity contribution in [2.24, 2.45) is 0 Å². The molecule has 2 aromatic carbocycles. The summed E-state index contributed by atoms with van der Waals surface area (Å²) in [5.74, 6) is -0.446. The Labute approximate surface area is 179 Å². The van der Waals surface area contributed by atoms with E-state index >= 15 is 0 Å². The number of nitrogens with one attached hydrogen (secondary N) is 1. The molecule has 1 fully saturated rings. The van der Waals surface area contributed by atoms with Crippen LogP contribution in [0.3, 0.4) is 0 Å². The van der Waals surface area contributed by atoms with E-state index in [1.165, 1.54) is 18.2 Å². The van der Waals surface area contributed by atoms with Gasteiger partial charge < -0.3 is 10.2 Å². The molecule has 1 heterocycles. The van der Waals surface area contributed by atoms with Gasteiger partial charge in [0.2, 0.25) is 21.8 Å². The molecule has 0 radical (unpaired) electrons. The third-order valence-corrected chi connectivity index (χ3v) is 6.29. The van der Waals surface area contributed by atoms with Crippen LogP contribution in [0.15, 0.2) is 42.5 Å². The van der Waals surface area contributed by atoms with E-state index in [9.17, 15) is 18.0 Å². The molecule has 10 heteroatoms. The van der Waals surface area contributed by atoms with Crippen LogP contribution >= 0.6 is 23.2 Å². The Bertz CT molecular complexity index is 1040. The van der Waals surface area contributed by atoms with E-state index in [2.05, 4.69) is 5.32 Å². The Morgan fingerprint density at radius 1 is 1.14 bits per heavy atom. The first kappa shape index (κ1) is 21.4. The molecule has 2 amide bonds. The molecule has 0 atom stereocenters. The first-order valence-electron chi connectivity index (χ1n) is 8.78. The molecule has 0 aromatic heterocycles. The summed E-state index contributed by atoms with van der Waals surface area (Å²) in [6, 6.07) is 11.2. The number of nitrogens with zero attached hydrogens (tertiary/aromatic N) is 2. The summed E-state index contributed by atoms with van der Waals surface area (Å²) in [7, 11) is -3.73. The van der Waals surface area contributed by atoms with E-state index in [1.807, 2.05) is 0 Å². The molecule has 154 valence electrons. The zero-order chi connectivity index (χ0) is 21.2. The van der Waals surface area contributed by atoms with Crippen molar-refractivity contribution in [1.82, 2.24) is 0 Å². The number of amides is 2. The number of carbonyl (C=O) groups is 2. The lowest BCUT2D eigenvalue weighted by Crippen LogP contribution is -2.37. The Hall–Kier alpha value is -2.29. The molecular formula is C19H19Cl2N3O4S. The number of halogens is 2. The highest BCUT2D eigenvalue weighted by Crippen LogP contribution is 2.28. The molecule has 0 aliphatic carbocycles. The quantitative estimate of drug-likeness (QED) is 0.721. The third-order valence-electron chi connectivity index (χ3n) is 4.41. The van der Waals surface area contributed by atoms with Gasteiger partial charge in [0, 0.05) is 24.3 Å². The smallest absolute Gasteiger partial charge is 0.245 e. The van der Waals surface area contributed by atoms with Crippen LogP contribution in [0.1, 0.15) is 12.8 Å². The van der Waals surface area contributed by atoms with Crippen molar-refractivity contribution in [2.75, 3.05) is 33.9 Å². The summed E-state index contributed by atoms with van der Waals surface area (Å²) in [6.45, 7) is 0.251. The number of anilines is 3. The van der Waals surface area contributed by atoms with E-state index in [-0.39, 0.29) is 21.6 Å². The van der Waals surface area contributed by atoms with Crippen molar-refractivity contribution >= 4 is 62.1 Å². The summed E-state index contributed by atoms with van der Waals surface area (Å²) in [4.78, 5) is 26.0. The minimum absolute atomic E-state index is 0.0761. The van der Waals surface area contributed by atoms with Crippen molar-refractivity contribution in [3.05, 3.63) is 52.5 Å². The molecule has 2 aromatic rings. The van der Waals surface area contributed by atoms with Gasteiger partial charge >= 0.3 is 0 Å². The number of sulfonamides is 1. The second-order valence-electron chi connectivity index (χ2n) is 6.61. The summed E-state index contributed by atoms with van der Waals surface area (Å²) in [6.07, 6.45) is 2.37. The summed E-state index contributed by atoms with van der Waals surface area (Å²) in [5, 5.41) is 3.13. The number of hydrogen-bond donors (Lipinski definition) is 1. The molecule has 1 saturated heterocycles. The van der Waals surface area contributed by atoms with Gasteiger partial charge in [0.05, 0.1) is 22.0 Å². The molecule has 29 heavy (non-hydrogen) atoms. The minimum Gasteiger partial charge on any atom is -0.325 e. The fraction of sp³-hybridized carbons (Fsp3) is 0.263. The van der Waals surface area contributed by atoms with Gasteiger partial charge in [0.1, 0.15) is 6.54 Å². The average molecular weight is 456 g/mol. The monoisotopic (exact) mass is 455 g/mol.